The van der Waals surface area contributed by atoms with Crippen LogP contribution in [-0.4, -0.2) is 26.5 Å². The number of sulfonamides is 1. The van der Waals surface area contributed by atoms with Crippen LogP contribution in [0, 0.1) is 0 Å². The van der Waals surface area contributed by atoms with Gasteiger partial charge in [0.1, 0.15) is 11.5 Å². The van der Waals surface area contributed by atoms with Gasteiger partial charge in [-0.2, -0.15) is 0 Å². The molecule has 0 saturated heterocycles. The molecule has 0 radical (unpaired) electrons. The average molecular weight is 529 g/mol. The topological polar surface area (TPSA) is 93.7 Å². The molecule has 1 amide bonds. The van der Waals surface area contributed by atoms with Gasteiger partial charge in [0.05, 0.1) is 10.6 Å². The first-order valence-corrected chi connectivity index (χ1v) is 13.8. The van der Waals surface area contributed by atoms with Gasteiger partial charge in [-0.15, -0.1) is 0 Å². The molecule has 7 nitrogen and oxygen atoms in total. The van der Waals surface area contributed by atoms with Crippen LogP contribution in [0.1, 0.15) is 39.0 Å². The van der Waals surface area contributed by atoms with E-state index in [1.165, 1.54) is 36.8 Å². The van der Waals surface area contributed by atoms with Gasteiger partial charge in [-0.1, -0.05) is 49.1 Å². The quantitative estimate of drug-likeness (QED) is 0.347. The molecule has 0 unspecified atom stereocenters. The minimum atomic E-state index is -3.95. The second-order valence-electron chi connectivity index (χ2n) is 8.74. The molecule has 1 fully saturated rings. The lowest BCUT2D eigenvalue weighted by molar-refractivity contribution is -0.128. The van der Waals surface area contributed by atoms with Crippen molar-refractivity contribution in [3.05, 3.63) is 77.8 Å². The Balaban J connectivity index is 1.42. The number of benzene rings is 3. The molecule has 3 aromatic carbocycles. The van der Waals surface area contributed by atoms with Crippen LogP contribution in [-0.2, 0) is 14.8 Å². The van der Waals surface area contributed by atoms with Crippen molar-refractivity contribution in [1.82, 2.24) is 5.32 Å². The molecular formula is C27H29ClN2O5S. The molecule has 1 atom stereocenters. The zero-order chi connectivity index (χ0) is 25.5. The summed E-state index contributed by atoms with van der Waals surface area (Å²) in [5, 5.41) is 3.40. The lowest BCUT2D eigenvalue weighted by atomic mass is 9.95. The van der Waals surface area contributed by atoms with Gasteiger partial charge in [-0.3, -0.25) is 9.52 Å². The molecule has 1 aliphatic carbocycles. The standard InChI is InChI=1S/C27H29ClN2O5S/c1-19(27(31)29-21-8-4-2-5-9-21)34-23-13-15-24(16-14-23)36(32,33)30-25-18-20(28)12-17-26(25)35-22-10-6-3-7-11-22/h3,6-7,10-19,21,30H,2,4-5,8-9H2,1H3,(H,29,31)/t19-/m1/s1. The van der Waals surface area contributed by atoms with Crippen LogP contribution in [0.2, 0.25) is 5.02 Å². The van der Waals surface area contributed by atoms with Crippen LogP contribution in [0.4, 0.5) is 5.69 Å². The van der Waals surface area contributed by atoms with E-state index < -0.39 is 16.1 Å². The van der Waals surface area contributed by atoms with Crippen LogP contribution >= 0.6 is 11.6 Å². The molecular weight excluding hydrogens is 500 g/mol. The number of para-hydroxylation sites is 1. The Labute approximate surface area is 216 Å². The zero-order valence-electron chi connectivity index (χ0n) is 19.9. The smallest absolute Gasteiger partial charge is 0.262 e. The molecule has 0 spiro atoms. The van der Waals surface area contributed by atoms with E-state index in [4.69, 9.17) is 21.1 Å². The number of hydrogen-bond acceptors (Lipinski definition) is 5. The van der Waals surface area contributed by atoms with E-state index in [1.807, 2.05) is 18.2 Å². The van der Waals surface area contributed by atoms with E-state index in [-0.39, 0.29) is 22.5 Å². The van der Waals surface area contributed by atoms with Crippen molar-refractivity contribution in [1.29, 1.82) is 0 Å². The predicted molar refractivity (Wildman–Crippen MR) is 140 cm³/mol. The van der Waals surface area contributed by atoms with E-state index in [0.29, 0.717) is 22.3 Å². The van der Waals surface area contributed by atoms with Crippen molar-refractivity contribution in [2.75, 3.05) is 4.72 Å². The lowest BCUT2D eigenvalue weighted by Crippen LogP contribution is -2.43. The first-order valence-electron chi connectivity index (χ1n) is 11.9. The van der Waals surface area contributed by atoms with Gasteiger partial charge < -0.3 is 14.8 Å². The van der Waals surface area contributed by atoms with Gasteiger partial charge >= 0.3 is 0 Å². The highest BCUT2D eigenvalue weighted by Gasteiger charge is 2.22. The van der Waals surface area contributed by atoms with Crippen LogP contribution in [0.3, 0.4) is 0 Å². The maximum Gasteiger partial charge on any atom is 0.262 e. The molecule has 3 aromatic rings. The molecule has 4 rings (SSSR count). The number of carbonyl (C=O) groups excluding carboxylic acids is 1. The van der Waals surface area contributed by atoms with E-state index in [0.717, 1.165) is 25.7 Å². The number of nitrogens with one attached hydrogen (secondary N) is 2. The van der Waals surface area contributed by atoms with E-state index in [2.05, 4.69) is 10.0 Å². The second kappa shape index (κ2) is 11.7. The Hall–Kier alpha value is -3.23. The fraction of sp³-hybridized carbons (Fsp3) is 0.296. The van der Waals surface area contributed by atoms with Crippen molar-refractivity contribution in [3.63, 3.8) is 0 Å². The summed E-state index contributed by atoms with van der Waals surface area (Å²) in [6, 6.07) is 19.8. The van der Waals surface area contributed by atoms with Crippen LogP contribution in [0.25, 0.3) is 0 Å². The minimum Gasteiger partial charge on any atom is -0.481 e. The summed E-state index contributed by atoms with van der Waals surface area (Å²) < 4.78 is 40.3. The van der Waals surface area contributed by atoms with Crippen LogP contribution in [0.15, 0.2) is 77.7 Å². The van der Waals surface area contributed by atoms with E-state index >= 15 is 0 Å². The normalized spacial score (nSPS) is 15.1. The molecule has 0 heterocycles. The molecule has 9 heteroatoms. The van der Waals surface area contributed by atoms with Crippen LogP contribution in [0.5, 0.6) is 17.2 Å². The third-order valence-electron chi connectivity index (χ3n) is 5.92. The summed E-state index contributed by atoms with van der Waals surface area (Å²) in [5.74, 6) is 1.10. The summed E-state index contributed by atoms with van der Waals surface area (Å²) in [4.78, 5) is 12.5. The van der Waals surface area contributed by atoms with Crippen molar-refractivity contribution in [3.8, 4) is 17.2 Å². The third-order valence-corrected chi connectivity index (χ3v) is 7.54. The maximum atomic E-state index is 13.1. The number of carbonyl (C=O) groups is 1. The van der Waals surface area contributed by atoms with Gasteiger partial charge in [0.15, 0.2) is 11.9 Å². The minimum absolute atomic E-state index is 0.0276. The highest BCUT2D eigenvalue weighted by atomic mass is 35.5. The number of halogens is 1. The van der Waals surface area contributed by atoms with Gasteiger partial charge in [0.25, 0.3) is 15.9 Å². The second-order valence-corrected chi connectivity index (χ2v) is 10.9. The van der Waals surface area contributed by atoms with Gasteiger partial charge in [-0.05, 0) is 74.4 Å². The molecule has 0 bridgehead atoms. The molecule has 2 N–H and O–H groups in total. The lowest BCUT2D eigenvalue weighted by Gasteiger charge is -2.24. The average Bonchev–Trinajstić information content (AvgIpc) is 2.87. The van der Waals surface area contributed by atoms with Crippen molar-refractivity contribution >= 4 is 33.2 Å². The number of amides is 1. The monoisotopic (exact) mass is 528 g/mol. The maximum absolute atomic E-state index is 13.1. The Morgan fingerprint density at radius 1 is 0.944 bits per heavy atom. The van der Waals surface area contributed by atoms with E-state index in [9.17, 15) is 13.2 Å². The number of rotatable bonds is 9. The summed E-state index contributed by atoms with van der Waals surface area (Å²) in [6.45, 7) is 1.68. The van der Waals surface area contributed by atoms with Gasteiger partial charge in [-0.25, -0.2) is 8.42 Å². The summed E-state index contributed by atoms with van der Waals surface area (Å²) in [7, 11) is -3.95. The first-order chi connectivity index (χ1) is 17.3. The molecule has 1 saturated carbocycles. The number of ether oxygens (including phenoxy) is 2. The van der Waals surface area contributed by atoms with Crippen LogP contribution < -0.4 is 19.5 Å². The fourth-order valence-corrected chi connectivity index (χ4v) is 5.24. The summed E-state index contributed by atoms with van der Waals surface area (Å²) >= 11 is 6.11. The zero-order valence-corrected chi connectivity index (χ0v) is 21.5. The van der Waals surface area contributed by atoms with Gasteiger partial charge in [0.2, 0.25) is 0 Å². The Morgan fingerprint density at radius 2 is 1.64 bits per heavy atom. The molecule has 190 valence electrons. The molecule has 0 aromatic heterocycles. The van der Waals surface area contributed by atoms with Crippen molar-refractivity contribution in [2.24, 2.45) is 0 Å². The Kier molecular flexibility index (Phi) is 8.38. The summed E-state index contributed by atoms with van der Waals surface area (Å²) in [5.41, 5.74) is 0.208. The molecule has 1 aliphatic rings. The van der Waals surface area contributed by atoms with Gasteiger partial charge in [0, 0.05) is 11.1 Å². The molecule has 36 heavy (non-hydrogen) atoms. The SMILES string of the molecule is C[C@@H](Oc1ccc(S(=O)(=O)Nc2cc(Cl)ccc2Oc2ccccc2)cc1)C(=O)NC1CCCCC1. The predicted octanol–water partition coefficient (Wildman–Crippen LogP) is 6.15. The number of anilines is 1. The first kappa shape index (κ1) is 25.9. The number of hydrogen-bond donors (Lipinski definition) is 2. The Morgan fingerprint density at radius 3 is 2.33 bits per heavy atom. The Bertz CT molecular complexity index is 1280. The van der Waals surface area contributed by atoms with Crippen molar-refractivity contribution in [2.45, 2.75) is 56.1 Å². The fourth-order valence-electron chi connectivity index (χ4n) is 4.01. The highest BCUT2D eigenvalue weighted by Crippen LogP contribution is 2.33. The van der Waals surface area contributed by atoms with Crippen molar-refractivity contribution < 1.29 is 22.7 Å². The highest BCUT2D eigenvalue weighted by molar-refractivity contribution is 7.92. The molecule has 0 aliphatic heterocycles. The third kappa shape index (κ3) is 6.92. The summed E-state index contributed by atoms with van der Waals surface area (Å²) in [6.07, 6.45) is 4.74. The van der Waals surface area contributed by atoms with E-state index in [1.54, 1.807) is 31.2 Å². The largest absolute Gasteiger partial charge is 0.481 e.